The molecule has 4 heteroatoms. The van der Waals surface area contributed by atoms with E-state index in [1.165, 1.54) is 0 Å². The van der Waals surface area contributed by atoms with Crippen LogP contribution in [0.4, 0.5) is 5.69 Å². The molecule has 1 aromatic rings. The average molecular weight is 195 g/mol. The first kappa shape index (κ1) is 9.52. The molecule has 1 aromatic heterocycles. The van der Waals surface area contributed by atoms with Crippen molar-refractivity contribution in [2.45, 2.75) is 39.0 Å². The van der Waals surface area contributed by atoms with E-state index < -0.39 is 0 Å². The summed E-state index contributed by atoms with van der Waals surface area (Å²) in [5.74, 6) is 0. The summed E-state index contributed by atoms with van der Waals surface area (Å²) in [5.41, 5.74) is 1.09. The topological polar surface area (TPSA) is 39.1 Å². The molecule has 0 spiro atoms. The van der Waals surface area contributed by atoms with Crippen LogP contribution in [0, 0.1) is 0 Å². The van der Waals surface area contributed by atoms with E-state index in [9.17, 15) is 0 Å². The normalized spacial score (nSPS) is 26.7. The van der Waals surface area contributed by atoms with Crippen LogP contribution in [0.3, 0.4) is 0 Å². The third-order valence-electron chi connectivity index (χ3n) is 2.69. The van der Waals surface area contributed by atoms with Gasteiger partial charge in [-0.05, 0) is 20.3 Å². The van der Waals surface area contributed by atoms with Gasteiger partial charge in [0.25, 0.3) is 0 Å². The molecule has 2 heterocycles. The van der Waals surface area contributed by atoms with Crippen molar-refractivity contribution in [1.82, 2.24) is 9.78 Å². The highest BCUT2D eigenvalue weighted by Gasteiger charge is 2.23. The highest BCUT2D eigenvalue weighted by atomic mass is 16.5. The molecule has 0 bridgehead atoms. The van der Waals surface area contributed by atoms with E-state index in [1.54, 1.807) is 0 Å². The summed E-state index contributed by atoms with van der Waals surface area (Å²) >= 11 is 0. The number of aromatic nitrogens is 2. The minimum absolute atomic E-state index is 0.306. The van der Waals surface area contributed by atoms with Crippen molar-refractivity contribution in [3.63, 3.8) is 0 Å². The third-order valence-corrected chi connectivity index (χ3v) is 2.69. The van der Waals surface area contributed by atoms with Gasteiger partial charge in [0.2, 0.25) is 0 Å². The molecule has 0 unspecified atom stereocenters. The van der Waals surface area contributed by atoms with Crippen LogP contribution in [-0.2, 0) is 11.3 Å². The van der Waals surface area contributed by atoms with Crippen molar-refractivity contribution in [2.75, 3.05) is 11.9 Å². The smallest absolute Gasteiger partial charge is 0.0748 e. The lowest BCUT2D eigenvalue weighted by Gasteiger charge is -2.15. The molecule has 0 aromatic carbocycles. The van der Waals surface area contributed by atoms with Crippen LogP contribution in [0.15, 0.2) is 12.4 Å². The first-order valence-electron chi connectivity index (χ1n) is 5.20. The maximum absolute atomic E-state index is 5.48. The number of anilines is 1. The van der Waals surface area contributed by atoms with Gasteiger partial charge in [-0.25, -0.2) is 0 Å². The molecule has 0 radical (unpaired) electrons. The number of rotatable bonds is 3. The molecule has 1 fully saturated rings. The van der Waals surface area contributed by atoms with Gasteiger partial charge in [-0.15, -0.1) is 0 Å². The second-order valence-electron chi connectivity index (χ2n) is 3.70. The number of aryl methyl sites for hydroxylation is 1. The van der Waals surface area contributed by atoms with Gasteiger partial charge in [0.05, 0.1) is 24.0 Å². The largest absolute Gasteiger partial charge is 0.377 e. The Morgan fingerprint density at radius 2 is 2.57 bits per heavy atom. The quantitative estimate of drug-likeness (QED) is 0.794. The van der Waals surface area contributed by atoms with Crippen molar-refractivity contribution < 1.29 is 4.74 Å². The third kappa shape index (κ3) is 1.90. The van der Waals surface area contributed by atoms with Crippen molar-refractivity contribution in [3.8, 4) is 0 Å². The van der Waals surface area contributed by atoms with E-state index in [-0.39, 0.29) is 0 Å². The van der Waals surface area contributed by atoms with Crippen LogP contribution in [-0.4, -0.2) is 28.5 Å². The van der Waals surface area contributed by atoms with Gasteiger partial charge in [-0.1, -0.05) is 0 Å². The summed E-state index contributed by atoms with van der Waals surface area (Å²) in [6.45, 7) is 5.96. The minimum Gasteiger partial charge on any atom is -0.377 e. The highest BCUT2D eigenvalue weighted by molar-refractivity contribution is 5.39. The van der Waals surface area contributed by atoms with Gasteiger partial charge in [0.1, 0.15) is 0 Å². The maximum atomic E-state index is 5.48. The Bertz CT molecular complexity index is 297. The molecule has 1 aliphatic heterocycles. The van der Waals surface area contributed by atoms with Gasteiger partial charge in [-0.3, -0.25) is 4.68 Å². The van der Waals surface area contributed by atoms with E-state index in [2.05, 4.69) is 24.3 Å². The van der Waals surface area contributed by atoms with Crippen LogP contribution in [0.2, 0.25) is 0 Å². The summed E-state index contributed by atoms with van der Waals surface area (Å²) in [7, 11) is 0. The van der Waals surface area contributed by atoms with Crippen molar-refractivity contribution in [3.05, 3.63) is 12.4 Å². The van der Waals surface area contributed by atoms with Crippen LogP contribution >= 0.6 is 0 Å². The Balaban J connectivity index is 1.96. The maximum Gasteiger partial charge on any atom is 0.0748 e. The monoisotopic (exact) mass is 195 g/mol. The zero-order chi connectivity index (χ0) is 9.97. The summed E-state index contributed by atoms with van der Waals surface area (Å²) in [6.07, 6.45) is 5.29. The second kappa shape index (κ2) is 4.00. The Hall–Kier alpha value is -1.03. The van der Waals surface area contributed by atoms with Gasteiger partial charge < -0.3 is 10.1 Å². The van der Waals surface area contributed by atoms with E-state index in [1.807, 2.05) is 17.1 Å². The van der Waals surface area contributed by atoms with Crippen molar-refractivity contribution in [2.24, 2.45) is 0 Å². The fraction of sp³-hybridized carbons (Fsp3) is 0.700. The van der Waals surface area contributed by atoms with E-state index in [0.29, 0.717) is 12.1 Å². The first-order chi connectivity index (χ1) is 6.79. The second-order valence-corrected chi connectivity index (χ2v) is 3.70. The molecule has 78 valence electrons. The lowest BCUT2D eigenvalue weighted by Crippen LogP contribution is -2.26. The van der Waals surface area contributed by atoms with Crippen LogP contribution in [0.1, 0.15) is 20.3 Å². The summed E-state index contributed by atoms with van der Waals surface area (Å²) in [4.78, 5) is 0. The Morgan fingerprint density at radius 1 is 1.71 bits per heavy atom. The minimum atomic E-state index is 0.306. The predicted octanol–water partition coefficient (Wildman–Crippen LogP) is 1.49. The molecule has 1 saturated heterocycles. The molecule has 4 nitrogen and oxygen atoms in total. The molecule has 14 heavy (non-hydrogen) atoms. The number of ether oxygens (including phenoxy) is 1. The molecule has 1 aliphatic rings. The zero-order valence-electron chi connectivity index (χ0n) is 8.73. The van der Waals surface area contributed by atoms with Crippen LogP contribution in [0.25, 0.3) is 0 Å². The van der Waals surface area contributed by atoms with Gasteiger partial charge in [0, 0.05) is 19.3 Å². The molecule has 2 rings (SSSR count). The SMILES string of the molecule is CCn1cc(N[C@H]2CCO[C@H]2C)cn1. The fourth-order valence-corrected chi connectivity index (χ4v) is 1.75. The van der Waals surface area contributed by atoms with Gasteiger partial charge in [0.15, 0.2) is 0 Å². The lowest BCUT2D eigenvalue weighted by atomic mass is 10.1. The number of nitrogens with zero attached hydrogens (tertiary/aromatic N) is 2. The standard InChI is InChI=1S/C10H17N3O/c1-3-13-7-9(6-11-13)12-10-4-5-14-8(10)2/h6-8,10,12H,3-5H2,1-2H3/t8-,10-/m0/s1. The van der Waals surface area contributed by atoms with Gasteiger partial charge in [-0.2, -0.15) is 5.10 Å². The van der Waals surface area contributed by atoms with Crippen LogP contribution in [0.5, 0.6) is 0 Å². The van der Waals surface area contributed by atoms with E-state index in [4.69, 9.17) is 4.74 Å². The van der Waals surface area contributed by atoms with E-state index >= 15 is 0 Å². The number of hydrogen-bond donors (Lipinski definition) is 1. The predicted molar refractivity (Wildman–Crippen MR) is 55.3 cm³/mol. The first-order valence-corrected chi connectivity index (χ1v) is 5.20. The lowest BCUT2D eigenvalue weighted by molar-refractivity contribution is 0.121. The summed E-state index contributed by atoms with van der Waals surface area (Å²) in [5, 5.41) is 7.65. The van der Waals surface area contributed by atoms with E-state index in [0.717, 1.165) is 25.3 Å². The molecule has 2 atom stereocenters. The van der Waals surface area contributed by atoms with Gasteiger partial charge >= 0.3 is 0 Å². The molecule has 0 saturated carbocycles. The Kier molecular flexibility index (Phi) is 2.72. The summed E-state index contributed by atoms with van der Waals surface area (Å²) < 4.78 is 7.40. The Labute approximate surface area is 84.3 Å². The number of hydrogen-bond acceptors (Lipinski definition) is 3. The highest BCUT2D eigenvalue weighted by Crippen LogP contribution is 2.18. The molecule has 1 N–H and O–H groups in total. The fourth-order valence-electron chi connectivity index (χ4n) is 1.75. The van der Waals surface area contributed by atoms with Crippen molar-refractivity contribution in [1.29, 1.82) is 0 Å². The zero-order valence-corrected chi connectivity index (χ0v) is 8.73. The molecular formula is C10H17N3O. The molecule has 0 aliphatic carbocycles. The summed E-state index contributed by atoms with van der Waals surface area (Å²) in [6, 6.07) is 0.435. The molecule has 0 amide bonds. The average Bonchev–Trinajstić information content (AvgIpc) is 2.77. The molecular weight excluding hydrogens is 178 g/mol. The van der Waals surface area contributed by atoms with Crippen molar-refractivity contribution >= 4 is 5.69 Å². The Morgan fingerprint density at radius 3 is 3.14 bits per heavy atom. The number of nitrogens with one attached hydrogen (secondary N) is 1. The van der Waals surface area contributed by atoms with Crippen LogP contribution < -0.4 is 5.32 Å².